The minimum atomic E-state index is 0.139. The second kappa shape index (κ2) is 7.19. The van der Waals surface area contributed by atoms with Gasteiger partial charge in [0.15, 0.2) is 0 Å². The first kappa shape index (κ1) is 15.5. The lowest BCUT2D eigenvalue weighted by atomic mass is 10.0. The zero-order valence-electron chi connectivity index (χ0n) is 11.2. The molecule has 0 amide bonds. The van der Waals surface area contributed by atoms with Crippen molar-refractivity contribution in [3.8, 4) is 5.88 Å². The average Bonchev–Trinajstić information content (AvgIpc) is 2.47. The Labute approximate surface area is 137 Å². The van der Waals surface area contributed by atoms with Crippen LogP contribution in [0.5, 0.6) is 5.88 Å². The molecule has 20 heavy (non-hydrogen) atoms. The van der Waals surface area contributed by atoms with Gasteiger partial charge in [0.05, 0.1) is 7.11 Å². The second-order valence-electron chi connectivity index (χ2n) is 4.26. The van der Waals surface area contributed by atoms with Crippen LogP contribution in [0, 0.1) is 3.57 Å². The van der Waals surface area contributed by atoms with Crippen molar-refractivity contribution in [1.82, 2.24) is 15.3 Å². The monoisotopic (exact) mass is 403 g/mol. The van der Waals surface area contributed by atoms with E-state index in [4.69, 9.17) is 16.3 Å². The molecule has 1 atom stereocenters. The number of benzene rings is 1. The van der Waals surface area contributed by atoms with Crippen molar-refractivity contribution >= 4 is 34.2 Å². The predicted octanol–water partition coefficient (Wildman–Crippen LogP) is 3.25. The van der Waals surface area contributed by atoms with Crippen LogP contribution in [0.15, 0.2) is 30.6 Å². The number of nitrogens with zero attached hydrogens (tertiary/aromatic N) is 2. The molecule has 4 nitrogen and oxygen atoms in total. The van der Waals surface area contributed by atoms with Crippen molar-refractivity contribution in [2.75, 3.05) is 14.2 Å². The maximum absolute atomic E-state index is 6.09. The standard InChI is InChI=1S/C14H15ClIN3O/c1-17-13(11-5-9(15)3-4-12(11)16)6-10-7-14(20-2)19-8-18-10/h3-5,7-8,13,17H,6H2,1-2H3. The number of aromatic nitrogens is 2. The fourth-order valence-corrected chi connectivity index (χ4v) is 2.85. The molecule has 0 saturated heterocycles. The number of rotatable bonds is 5. The largest absolute Gasteiger partial charge is 0.481 e. The topological polar surface area (TPSA) is 47.0 Å². The van der Waals surface area contributed by atoms with Gasteiger partial charge in [-0.3, -0.25) is 0 Å². The molecule has 0 saturated carbocycles. The zero-order valence-corrected chi connectivity index (χ0v) is 14.1. The van der Waals surface area contributed by atoms with Gasteiger partial charge in [-0.15, -0.1) is 0 Å². The molecule has 0 spiro atoms. The molecular weight excluding hydrogens is 389 g/mol. The first-order valence-corrected chi connectivity index (χ1v) is 7.57. The summed E-state index contributed by atoms with van der Waals surface area (Å²) < 4.78 is 6.30. The summed E-state index contributed by atoms with van der Waals surface area (Å²) in [6.45, 7) is 0. The molecule has 0 bridgehead atoms. The number of ether oxygens (including phenoxy) is 1. The van der Waals surface area contributed by atoms with E-state index >= 15 is 0 Å². The van der Waals surface area contributed by atoms with Gasteiger partial charge >= 0.3 is 0 Å². The van der Waals surface area contributed by atoms with E-state index in [-0.39, 0.29) is 6.04 Å². The third kappa shape index (κ3) is 3.80. The molecule has 1 aromatic heterocycles. The molecule has 0 aliphatic heterocycles. The van der Waals surface area contributed by atoms with Gasteiger partial charge in [0.25, 0.3) is 0 Å². The quantitative estimate of drug-likeness (QED) is 0.779. The maximum Gasteiger partial charge on any atom is 0.216 e. The highest BCUT2D eigenvalue weighted by molar-refractivity contribution is 14.1. The summed E-state index contributed by atoms with van der Waals surface area (Å²) in [6.07, 6.45) is 2.26. The van der Waals surface area contributed by atoms with Gasteiger partial charge < -0.3 is 10.1 Å². The van der Waals surface area contributed by atoms with Crippen molar-refractivity contribution in [1.29, 1.82) is 0 Å². The number of nitrogens with one attached hydrogen (secondary N) is 1. The Morgan fingerprint density at radius 1 is 1.35 bits per heavy atom. The van der Waals surface area contributed by atoms with Crippen LogP contribution in [0.25, 0.3) is 0 Å². The highest BCUT2D eigenvalue weighted by atomic mass is 127. The Morgan fingerprint density at radius 2 is 2.15 bits per heavy atom. The molecule has 106 valence electrons. The minimum absolute atomic E-state index is 0.139. The third-order valence-corrected chi connectivity index (χ3v) is 4.22. The first-order chi connectivity index (χ1) is 9.63. The van der Waals surface area contributed by atoms with E-state index in [9.17, 15) is 0 Å². The number of halogens is 2. The van der Waals surface area contributed by atoms with Gasteiger partial charge in [0.2, 0.25) is 5.88 Å². The van der Waals surface area contributed by atoms with E-state index in [0.29, 0.717) is 5.88 Å². The van der Waals surface area contributed by atoms with Crippen molar-refractivity contribution in [3.05, 3.63) is 50.4 Å². The van der Waals surface area contributed by atoms with Crippen LogP contribution in [-0.2, 0) is 6.42 Å². The van der Waals surface area contributed by atoms with Gasteiger partial charge in [-0.1, -0.05) is 11.6 Å². The van der Waals surface area contributed by atoms with Crippen LogP contribution in [0.2, 0.25) is 5.02 Å². The lowest BCUT2D eigenvalue weighted by Crippen LogP contribution is -2.20. The van der Waals surface area contributed by atoms with Gasteiger partial charge in [-0.05, 0) is 53.4 Å². The van der Waals surface area contributed by atoms with E-state index in [2.05, 4.69) is 37.9 Å². The summed E-state index contributed by atoms with van der Waals surface area (Å²) >= 11 is 8.41. The Hall–Kier alpha value is -0.920. The van der Waals surface area contributed by atoms with Crippen LogP contribution in [-0.4, -0.2) is 24.1 Å². The van der Waals surface area contributed by atoms with Crippen molar-refractivity contribution in [2.24, 2.45) is 0 Å². The number of methoxy groups -OCH3 is 1. The highest BCUT2D eigenvalue weighted by Gasteiger charge is 2.15. The van der Waals surface area contributed by atoms with Crippen LogP contribution < -0.4 is 10.1 Å². The summed E-state index contributed by atoms with van der Waals surface area (Å²) in [5, 5.41) is 4.04. The van der Waals surface area contributed by atoms with Gasteiger partial charge in [-0.25, -0.2) is 9.97 Å². The normalized spacial score (nSPS) is 12.2. The fourth-order valence-electron chi connectivity index (χ4n) is 1.96. The molecule has 6 heteroatoms. The molecule has 1 unspecified atom stereocenters. The summed E-state index contributed by atoms with van der Waals surface area (Å²) in [5.41, 5.74) is 2.09. The lowest BCUT2D eigenvalue weighted by Gasteiger charge is -2.18. The average molecular weight is 404 g/mol. The SMILES string of the molecule is CNC(Cc1cc(OC)ncn1)c1cc(Cl)ccc1I. The molecule has 2 aromatic rings. The van der Waals surface area contributed by atoms with Gasteiger partial charge in [0, 0.05) is 32.8 Å². The Bertz CT molecular complexity index is 594. The van der Waals surface area contributed by atoms with Crippen LogP contribution >= 0.6 is 34.2 Å². The molecule has 1 N–H and O–H groups in total. The molecule has 0 aliphatic rings. The zero-order chi connectivity index (χ0) is 14.5. The molecule has 1 heterocycles. The number of hydrogen-bond donors (Lipinski definition) is 1. The lowest BCUT2D eigenvalue weighted by molar-refractivity contribution is 0.395. The Kier molecular flexibility index (Phi) is 5.56. The molecule has 1 aromatic carbocycles. The molecule has 0 radical (unpaired) electrons. The van der Waals surface area contributed by atoms with E-state index < -0.39 is 0 Å². The number of hydrogen-bond acceptors (Lipinski definition) is 4. The molecule has 2 rings (SSSR count). The van der Waals surface area contributed by atoms with Crippen LogP contribution in [0.1, 0.15) is 17.3 Å². The Balaban J connectivity index is 2.26. The third-order valence-electron chi connectivity index (χ3n) is 3.00. The molecule has 0 fully saturated rings. The molecular formula is C14H15ClIN3O. The van der Waals surface area contributed by atoms with E-state index in [1.807, 2.05) is 31.3 Å². The minimum Gasteiger partial charge on any atom is -0.481 e. The first-order valence-electron chi connectivity index (χ1n) is 6.11. The Morgan fingerprint density at radius 3 is 2.85 bits per heavy atom. The van der Waals surface area contributed by atoms with Crippen molar-refractivity contribution in [3.63, 3.8) is 0 Å². The van der Waals surface area contributed by atoms with E-state index in [1.54, 1.807) is 7.11 Å². The van der Waals surface area contributed by atoms with E-state index in [0.717, 1.165) is 22.7 Å². The summed E-state index contributed by atoms with van der Waals surface area (Å²) in [6, 6.07) is 7.89. The van der Waals surface area contributed by atoms with E-state index in [1.165, 1.54) is 9.90 Å². The second-order valence-corrected chi connectivity index (χ2v) is 5.86. The molecule has 0 aliphatic carbocycles. The number of likely N-dealkylation sites (N-methyl/N-ethyl adjacent to an activating group) is 1. The highest BCUT2D eigenvalue weighted by Crippen LogP contribution is 2.26. The summed E-state index contributed by atoms with van der Waals surface area (Å²) in [5.74, 6) is 0.575. The maximum atomic E-state index is 6.09. The fraction of sp³-hybridized carbons (Fsp3) is 0.286. The van der Waals surface area contributed by atoms with Crippen molar-refractivity contribution < 1.29 is 4.74 Å². The van der Waals surface area contributed by atoms with Crippen LogP contribution in [0.3, 0.4) is 0 Å². The summed E-state index contributed by atoms with van der Waals surface area (Å²) in [4.78, 5) is 8.31. The smallest absolute Gasteiger partial charge is 0.216 e. The van der Waals surface area contributed by atoms with Gasteiger partial charge in [-0.2, -0.15) is 0 Å². The predicted molar refractivity (Wildman–Crippen MR) is 88.3 cm³/mol. The summed E-state index contributed by atoms with van der Waals surface area (Å²) in [7, 11) is 3.53. The van der Waals surface area contributed by atoms with Gasteiger partial charge in [0.1, 0.15) is 6.33 Å². The van der Waals surface area contributed by atoms with Crippen molar-refractivity contribution in [2.45, 2.75) is 12.5 Å². The van der Waals surface area contributed by atoms with Crippen LogP contribution in [0.4, 0.5) is 0 Å².